The summed E-state index contributed by atoms with van der Waals surface area (Å²) in [5, 5.41) is 23.5. The first kappa shape index (κ1) is 27.6. The number of benzene rings is 2. The summed E-state index contributed by atoms with van der Waals surface area (Å²) in [7, 11) is 0. The Kier molecular flexibility index (Phi) is 7.44. The lowest BCUT2D eigenvalue weighted by molar-refractivity contribution is 0.0689. The summed E-state index contributed by atoms with van der Waals surface area (Å²) in [5.74, 6) is 0.544. The molecule has 1 saturated carbocycles. The lowest BCUT2D eigenvalue weighted by Gasteiger charge is -2.14. The maximum absolute atomic E-state index is 11.5. The maximum Gasteiger partial charge on any atom is 0.356 e. The van der Waals surface area contributed by atoms with E-state index in [0.29, 0.717) is 55.8 Å². The molecule has 0 radical (unpaired) electrons. The lowest BCUT2D eigenvalue weighted by Crippen LogP contribution is -2.13. The number of aromatic carboxylic acids is 1. The molecule has 2 aliphatic rings. The van der Waals surface area contributed by atoms with Crippen molar-refractivity contribution in [3.05, 3.63) is 85.8 Å². The average molecular weight is 616 g/mol. The molecule has 2 aromatic carbocycles. The van der Waals surface area contributed by atoms with Gasteiger partial charge in [-0.15, -0.1) is 0 Å². The zero-order chi connectivity index (χ0) is 28.8. The highest BCUT2D eigenvalue weighted by molar-refractivity contribution is 6.39. The molecular weight excluding hydrogens is 591 g/mol. The highest BCUT2D eigenvalue weighted by Crippen LogP contribution is 2.46. The molecule has 0 amide bonds. The fourth-order valence-electron chi connectivity index (χ4n) is 4.87. The van der Waals surface area contributed by atoms with E-state index in [0.717, 1.165) is 29.7 Å². The van der Waals surface area contributed by atoms with E-state index in [1.165, 1.54) is 6.07 Å². The summed E-state index contributed by atoms with van der Waals surface area (Å²) >= 11 is 19.6. The summed E-state index contributed by atoms with van der Waals surface area (Å²) < 4.78 is 13.5. The van der Waals surface area contributed by atoms with E-state index in [-0.39, 0.29) is 18.3 Å². The molecule has 1 fully saturated rings. The van der Waals surface area contributed by atoms with Crippen molar-refractivity contribution in [2.24, 2.45) is 5.16 Å². The van der Waals surface area contributed by atoms with Crippen molar-refractivity contribution in [1.29, 1.82) is 0 Å². The molecule has 0 bridgehead atoms. The fraction of sp³-hybridized carbons (Fsp3) is 0.310. The smallest absolute Gasteiger partial charge is 0.356 e. The Morgan fingerprint density at radius 2 is 1.88 bits per heavy atom. The van der Waals surface area contributed by atoms with Gasteiger partial charge < -0.3 is 19.2 Å². The first-order chi connectivity index (χ1) is 19.7. The average Bonchev–Trinajstić information content (AvgIpc) is 3.32. The number of hydrogen-bond donors (Lipinski definition) is 1. The molecule has 1 unspecified atom stereocenters. The second-order valence-corrected chi connectivity index (χ2v) is 11.5. The summed E-state index contributed by atoms with van der Waals surface area (Å²) in [4.78, 5) is 17.2. The third-order valence-electron chi connectivity index (χ3n) is 7.08. The second kappa shape index (κ2) is 11.0. The number of aromatic nitrogens is 3. The molecule has 1 atom stereocenters. The van der Waals surface area contributed by atoms with Crippen LogP contribution >= 0.6 is 34.8 Å². The standard InChI is InChI=1S/C29H25Cl3N4O5/c1-14(2)36-24(11-23(33-36)29(37)38)22-12-25(40-34-22)17-9-8-16(10-21(17)32)39-13-18-27(35-41-28(18)15-6-7-15)26-19(30)4-3-5-20(26)31/h3-5,8-11,14-15,25H,6-7,12-13H2,1-2H3,(H,37,38). The van der Waals surface area contributed by atoms with Gasteiger partial charge in [0.15, 0.2) is 11.8 Å². The highest BCUT2D eigenvalue weighted by atomic mass is 35.5. The first-order valence-electron chi connectivity index (χ1n) is 13.1. The topological polar surface area (TPSA) is 112 Å². The van der Waals surface area contributed by atoms with Gasteiger partial charge in [0.2, 0.25) is 0 Å². The molecule has 41 heavy (non-hydrogen) atoms. The summed E-state index contributed by atoms with van der Waals surface area (Å²) in [5.41, 5.74) is 3.89. The molecule has 1 N–H and O–H groups in total. The number of hydrogen-bond acceptors (Lipinski definition) is 7. The van der Waals surface area contributed by atoms with Crippen molar-refractivity contribution in [2.45, 2.75) is 57.8 Å². The van der Waals surface area contributed by atoms with Crippen LogP contribution in [0.15, 0.2) is 52.1 Å². The van der Waals surface area contributed by atoms with E-state index in [1.807, 2.05) is 26.0 Å². The van der Waals surface area contributed by atoms with Crippen LogP contribution in [0.1, 0.15) is 84.2 Å². The van der Waals surface area contributed by atoms with Gasteiger partial charge in [-0.1, -0.05) is 57.2 Å². The quantitative estimate of drug-likeness (QED) is 0.202. The molecule has 3 heterocycles. The minimum Gasteiger partial charge on any atom is -0.489 e. The number of ether oxygens (including phenoxy) is 1. The molecule has 9 nitrogen and oxygen atoms in total. The van der Waals surface area contributed by atoms with Crippen LogP contribution < -0.4 is 4.74 Å². The Morgan fingerprint density at radius 3 is 2.54 bits per heavy atom. The number of rotatable bonds is 9. The zero-order valence-corrected chi connectivity index (χ0v) is 24.4. The number of carboxylic acid groups (broad SMARTS) is 1. The predicted molar refractivity (Wildman–Crippen MR) is 154 cm³/mol. The molecule has 4 aromatic rings. The summed E-state index contributed by atoms with van der Waals surface area (Å²) in [6.45, 7) is 4.04. The van der Waals surface area contributed by atoms with Gasteiger partial charge in [0, 0.05) is 35.6 Å². The minimum atomic E-state index is -1.10. The number of carboxylic acids is 1. The van der Waals surface area contributed by atoms with Crippen LogP contribution in [0.5, 0.6) is 5.75 Å². The van der Waals surface area contributed by atoms with Gasteiger partial charge in [0.25, 0.3) is 0 Å². The molecule has 2 aromatic heterocycles. The minimum absolute atomic E-state index is 0.0444. The van der Waals surface area contributed by atoms with Crippen LogP contribution in [0.2, 0.25) is 15.1 Å². The van der Waals surface area contributed by atoms with Crippen molar-refractivity contribution >= 4 is 46.5 Å². The van der Waals surface area contributed by atoms with Crippen molar-refractivity contribution in [2.75, 3.05) is 0 Å². The van der Waals surface area contributed by atoms with Crippen LogP contribution in [-0.4, -0.2) is 31.7 Å². The van der Waals surface area contributed by atoms with Gasteiger partial charge in [-0.2, -0.15) is 5.10 Å². The Balaban J connectivity index is 1.19. The zero-order valence-electron chi connectivity index (χ0n) is 22.1. The number of carbonyl (C=O) groups is 1. The van der Waals surface area contributed by atoms with Crippen molar-refractivity contribution in [3.63, 3.8) is 0 Å². The second-order valence-electron chi connectivity index (χ2n) is 10.3. The first-order valence-corrected chi connectivity index (χ1v) is 14.3. The Labute approximate surface area is 250 Å². The van der Waals surface area contributed by atoms with Crippen molar-refractivity contribution in [1.82, 2.24) is 14.9 Å². The Bertz CT molecular complexity index is 1650. The van der Waals surface area contributed by atoms with E-state index >= 15 is 0 Å². The van der Waals surface area contributed by atoms with Crippen LogP contribution in [0.3, 0.4) is 0 Å². The Hall–Kier alpha value is -3.53. The van der Waals surface area contributed by atoms with E-state index in [1.54, 1.807) is 28.9 Å². The molecule has 6 rings (SSSR count). The molecular formula is C29H25Cl3N4O5. The van der Waals surface area contributed by atoms with E-state index < -0.39 is 12.1 Å². The monoisotopic (exact) mass is 614 g/mol. The van der Waals surface area contributed by atoms with E-state index in [9.17, 15) is 9.90 Å². The third kappa shape index (κ3) is 5.41. The van der Waals surface area contributed by atoms with Gasteiger partial charge >= 0.3 is 5.97 Å². The van der Waals surface area contributed by atoms with Gasteiger partial charge in [-0.05, 0) is 51.0 Å². The van der Waals surface area contributed by atoms with Crippen LogP contribution in [0.25, 0.3) is 11.3 Å². The molecule has 0 saturated heterocycles. The summed E-state index contributed by atoms with van der Waals surface area (Å²) in [6.07, 6.45) is 2.02. The molecule has 12 heteroatoms. The number of nitrogens with zero attached hydrogens (tertiary/aromatic N) is 4. The van der Waals surface area contributed by atoms with Crippen molar-refractivity contribution in [3.8, 4) is 17.0 Å². The number of halogens is 3. The molecule has 212 valence electrons. The van der Waals surface area contributed by atoms with Gasteiger partial charge in [-0.25, -0.2) is 4.79 Å². The van der Waals surface area contributed by atoms with Gasteiger partial charge in [-0.3, -0.25) is 4.68 Å². The lowest BCUT2D eigenvalue weighted by atomic mass is 10.0. The van der Waals surface area contributed by atoms with Crippen LogP contribution in [-0.2, 0) is 11.4 Å². The molecule has 0 spiro atoms. The molecule has 1 aliphatic carbocycles. The van der Waals surface area contributed by atoms with Crippen LogP contribution in [0, 0.1) is 0 Å². The Morgan fingerprint density at radius 1 is 1.12 bits per heavy atom. The largest absolute Gasteiger partial charge is 0.489 e. The van der Waals surface area contributed by atoms with Crippen LogP contribution in [0.4, 0.5) is 0 Å². The third-order valence-corrected chi connectivity index (χ3v) is 8.03. The predicted octanol–water partition coefficient (Wildman–Crippen LogP) is 8.10. The van der Waals surface area contributed by atoms with Crippen molar-refractivity contribution < 1.29 is 24.0 Å². The SMILES string of the molecule is CC(C)n1nc(C(=O)O)cc1C1=NOC(c2ccc(OCc3c(-c4c(Cl)cccc4Cl)noc3C3CC3)cc2Cl)C1. The van der Waals surface area contributed by atoms with E-state index in [4.69, 9.17) is 48.9 Å². The fourth-order valence-corrected chi connectivity index (χ4v) is 5.73. The van der Waals surface area contributed by atoms with E-state index in [2.05, 4.69) is 15.4 Å². The maximum atomic E-state index is 11.5. The normalized spacial score (nSPS) is 16.6. The number of oxime groups is 1. The summed E-state index contributed by atoms with van der Waals surface area (Å²) in [6, 6.07) is 12.1. The highest BCUT2D eigenvalue weighted by Gasteiger charge is 2.34. The van der Waals surface area contributed by atoms with Gasteiger partial charge in [0.05, 0.1) is 26.3 Å². The molecule has 1 aliphatic heterocycles. The van der Waals surface area contributed by atoms with Gasteiger partial charge in [0.1, 0.15) is 29.5 Å².